The van der Waals surface area contributed by atoms with Gasteiger partial charge in [0.15, 0.2) is 0 Å². The van der Waals surface area contributed by atoms with Crippen LogP contribution in [0.2, 0.25) is 0 Å². The molecule has 0 aliphatic rings. The van der Waals surface area contributed by atoms with Crippen molar-refractivity contribution >= 4 is 0 Å². The van der Waals surface area contributed by atoms with E-state index in [1.54, 1.807) is 12.1 Å². The van der Waals surface area contributed by atoms with Crippen LogP contribution in [0.5, 0.6) is 0 Å². The molecule has 1 N–H and O–H groups in total. The van der Waals surface area contributed by atoms with Crippen LogP contribution in [0.15, 0.2) is 24.3 Å². The number of benzene rings is 1. The van der Waals surface area contributed by atoms with E-state index < -0.39 is 0 Å². The molecule has 0 aromatic heterocycles. The van der Waals surface area contributed by atoms with Gasteiger partial charge in [0, 0.05) is 18.7 Å². The maximum absolute atomic E-state index is 13.7. The summed E-state index contributed by atoms with van der Waals surface area (Å²) in [6.07, 6.45) is 0.717. The zero-order valence-electron chi connectivity index (χ0n) is 11.1. The van der Waals surface area contributed by atoms with Gasteiger partial charge in [-0.1, -0.05) is 25.1 Å². The molecule has 102 valence electrons. The molecular weight excluding hydrogens is 233 g/mol. The Bertz CT molecular complexity index is 333. The summed E-state index contributed by atoms with van der Waals surface area (Å²) in [5.41, 5.74) is 0.586. The van der Waals surface area contributed by atoms with Crippen molar-refractivity contribution in [1.82, 2.24) is 5.32 Å². The average molecular weight is 255 g/mol. The minimum Gasteiger partial charge on any atom is -0.379 e. The van der Waals surface area contributed by atoms with Gasteiger partial charge < -0.3 is 14.8 Å². The Morgan fingerprint density at radius 3 is 2.67 bits per heavy atom. The molecule has 0 aliphatic carbocycles. The Morgan fingerprint density at radius 2 is 2.00 bits per heavy atom. The summed E-state index contributed by atoms with van der Waals surface area (Å²) in [5.74, 6) is -0.229. The highest BCUT2D eigenvalue weighted by Gasteiger charge is 2.14. The molecule has 0 aliphatic heterocycles. The first-order valence-electron chi connectivity index (χ1n) is 6.38. The molecular formula is C14H22FNO2. The second-order valence-corrected chi connectivity index (χ2v) is 4.05. The van der Waals surface area contributed by atoms with Gasteiger partial charge in [0.25, 0.3) is 0 Å². The van der Waals surface area contributed by atoms with Gasteiger partial charge in [-0.05, 0) is 19.5 Å². The van der Waals surface area contributed by atoms with E-state index in [1.807, 2.05) is 13.1 Å². The second-order valence-electron chi connectivity index (χ2n) is 4.05. The van der Waals surface area contributed by atoms with Gasteiger partial charge in [0.1, 0.15) is 5.82 Å². The summed E-state index contributed by atoms with van der Waals surface area (Å²) in [6.45, 7) is 4.39. The van der Waals surface area contributed by atoms with Gasteiger partial charge in [0.05, 0.1) is 19.3 Å². The van der Waals surface area contributed by atoms with E-state index in [9.17, 15) is 4.39 Å². The molecule has 4 heteroatoms. The normalized spacial score (nSPS) is 12.6. The maximum Gasteiger partial charge on any atom is 0.129 e. The number of nitrogens with one attached hydrogen (secondary N) is 1. The maximum atomic E-state index is 13.7. The Balaban J connectivity index is 2.47. The third-order valence-electron chi connectivity index (χ3n) is 2.54. The molecule has 0 spiro atoms. The second kappa shape index (κ2) is 9.03. The van der Waals surface area contributed by atoms with Crippen molar-refractivity contribution in [1.29, 1.82) is 0 Å². The molecule has 3 nitrogen and oxygen atoms in total. The third kappa shape index (κ3) is 5.12. The van der Waals surface area contributed by atoms with E-state index in [4.69, 9.17) is 9.47 Å². The van der Waals surface area contributed by atoms with Crippen LogP contribution in [-0.4, -0.2) is 33.4 Å². The fourth-order valence-corrected chi connectivity index (χ4v) is 1.68. The predicted molar refractivity (Wildman–Crippen MR) is 70.1 cm³/mol. The summed E-state index contributed by atoms with van der Waals surface area (Å²) in [4.78, 5) is 0. The van der Waals surface area contributed by atoms with E-state index in [1.165, 1.54) is 6.07 Å². The number of hydrogen-bond donors (Lipinski definition) is 1. The van der Waals surface area contributed by atoms with E-state index in [0.717, 1.165) is 13.0 Å². The van der Waals surface area contributed by atoms with Crippen LogP contribution in [-0.2, 0) is 9.47 Å². The number of hydrogen-bond acceptors (Lipinski definition) is 3. The van der Waals surface area contributed by atoms with Crippen LogP contribution in [0.3, 0.4) is 0 Å². The molecule has 0 saturated heterocycles. The molecule has 1 atom stereocenters. The molecule has 1 unspecified atom stereocenters. The van der Waals surface area contributed by atoms with Crippen LogP contribution >= 0.6 is 0 Å². The fourth-order valence-electron chi connectivity index (χ4n) is 1.68. The van der Waals surface area contributed by atoms with Gasteiger partial charge in [0.2, 0.25) is 0 Å². The van der Waals surface area contributed by atoms with Crippen molar-refractivity contribution in [3.8, 4) is 0 Å². The largest absolute Gasteiger partial charge is 0.379 e. The molecule has 18 heavy (non-hydrogen) atoms. The summed E-state index contributed by atoms with van der Waals surface area (Å²) in [6, 6.07) is 6.71. The average Bonchev–Trinajstić information content (AvgIpc) is 2.38. The zero-order chi connectivity index (χ0) is 13.2. The minimum atomic E-state index is -0.276. The summed E-state index contributed by atoms with van der Waals surface area (Å²) >= 11 is 0. The Morgan fingerprint density at radius 1 is 1.22 bits per heavy atom. The van der Waals surface area contributed by atoms with Gasteiger partial charge in [-0.3, -0.25) is 0 Å². The standard InChI is InChI=1S/C14H22FNO2/c1-3-8-17-9-10-18-14(11-16-2)12-6-4-5-7-13(12)15/h4-7,14,16H,3,8-11H2,1-2H3. The first-order valence-corrected chi connectivity index (χ1v) is 6.38. The highest BCUT2D eigenvalue weighted by molar-refractivity contribution is 5.20. The topological polar surface area (TPSA) is 30.5 Å². The molecule has 0 radical (unpaired) electrons. The smallest absolute Gasteiger partial charge is 0.129 e. The van der Waals surface area contributed by atoms with E-state index in [-0.39, 0.29) is 11.9 Å². The van der Waals surface area contributed by atoms with Crippen LogP contribution in [0.4, 0.5) is 4.39 Å². The number of rotatable bonds is 9. The van der Waals surface area contributed by atoms with Gasteiger partial charge in [-0.25, -0.2) is 4.39 Å². The SMILES string of the molecule is CCCOCCOC(CNC)c1ccccc1F. The van der Waals surface area contributed by atoms with E-state index in [2.05, 4.69) is 12.2 Å². The Hall–Kier alpha value is -0.970. The van der Waals surface area contributed by atoms with Crippen molar-refractivity contribution in [2.75, 3.05) is 33.4 Å². The first-order chi connectivity index (χ1) is 8.79. The van der Waals surface area contributed by atoms with E-state index in [0.29, 0.717) is 25.3 Å². The van der Waals surface area contributed by atoms with Crippen LogP contribution in [0.1, 0.15) is 25.0 Å². The summed E-state index contributed by atoms with van der Waals surface area (Å²) < 4.78 is 24.7. The van der Waals surface area contributed by atoms with Gasteiger partial charge in [-0.15, -0.1) is 0 Å². The van der Waals surface area contributed by atoms with E-state index >= 15 is 0 Å². The summed E-state index contributed by atoms with van der Waals surface area (Å²) in [5, 5.41) is 3.01. The highest BCUT2D eigenvalue weighted by Crippen LogP contribution is 2.19. The molecule has 0 fully saturated rings. The van der Waals surface area contributed by atoms with Crippen molar-refractivity contribution in [2.24, 2.45) is 0 Å². The summed E-state index contributed by atoms with van der Waals surface area (Å²) in [7, 11) is 1.82. The lowest BCUT2D eigenvalue weighted by Gasteiger charge is -2.18. The lowest BCUT2D eigenvalue weighted by Crippen LogP contribution is -2.22. The zero-order valence-corrected chi connectivity index (χ0v) is 11.1. The molecule has 0 saturated carbocycles. The molecule has 1 aromatic rings. The van der Waals surface area contributed by atoms with Crippen LogP contribution in [0, 0.1) is 5.82 Å². The molecule has 0 amide bonds. The molecule has 0 bridgehead atoms. The van der Waals surface area contributed by atoms with Crippen molar-refractivity contribution in [2.45, 2.75) is 19.4 Å². The monoisotopic (exact) mass is 255 g/mol. The highest BCUT2D eigenvalue weighted by atomic mass is 19.1. The molecule has 1 aromatic carbocycles. The van der Waals surface area contributed by atoms with Gasteiger partial charge >= 0.3 is 0 Å². The van der Waals surface area contributed by atoms with Crippen molar-refractivity contribution in [3.63, 3.8) is 0 Å². The lowest BCUT2D eigenvalue weighted by atomic mass is 10.1. The van der Waals surface area contributed by atoms with Crippen LogP contribution in [0.25, 0.3) is 0 Å². The molecule has 0 heterocycles. The molecule has 1 rings (SSSR count). The Kier molecular flexibility index (Phi) is 7.57. The third-order valence-corrected chi connectivity index (χ3v) is 2.54. The first kappa shape index (κ1) is 15.1. The minimum absolute atomic E-state index is 0.229. The van der Waals surface area contributed by atoms with Crippen molar-refractivity contribution < 1.29 is 13.9 Å². The van der Waals surface area contributed by atoms with Crippen molar-refractivity contribution in [3.05, 3.63) is 35.6 Å². The predicted octanol–water partition coefficient (Wildman–Crippen LogP) is 2.53. The number of halogens is 1. The quantitative estimate of drug-likeness (QED) is 0.688. The number of ether oxygens (including phenoxy) is 2. The number of likely N-dealkylation sites (N-methyl/N-ethyl adjacent to an activating group) is 1. The lowest BCUT2D eigenvalue weighted by molar-refractivity contribution is 0.00362. The fraction of sp³-hybridized carbons (Fsp3) is 0.571. The van der Waals surface area contributed by atoms with Gasteiger partial charge in [-0.2, -0.15) is 0 Å². The van der Waals surface area contributed by atoms with Crippen LogP contribution < -0.4 is 5.32 Å². The Labute approximate surface area is 108 Å².